The van der Waals surface area contributed by atoms with Crippen LogP contribution < -0.4 is 4.74 Å². The Kier molecular flexibility index (Phi) is 2.94. The third-order valence-corrected chi connectivity index (χ3v) is 2.83. The molecule has 0 N–H and O–H groups in total. The number of rotatable bonds is 2. The minimum atomic E-state index is -0.364. The average Bonchev–Trinajstić information content (AvgIpc) is 2.48. The lowest BCUT2D eigenvalue weighted by atomic mass is 10.1. The first-order chi connectivity index (χ1) is 9.33. The van der Waals surface area contributed by atoms with Gasteiger partial charge in [0.05, 0.1) is 5.56 Å². The lowest BCUT2D eigenvalue weighted by Gasteiger charge is -2.05. The SMILES string of the molecule is O=C(Oc1ccccc1)c1ccc2ccncc2c1. The number of nitrogens with zero attached hydrogens (tertiary/aromatic N) is 1. The number of hydrogen-bond donors (Lipinski definition) is 0. The van der Waals surface area contributed by atoms with Crippen molar-refractivity contribution >= 4 is 16.7 Å². The zero-order valence-electron chi connectivity index (χ0n) is 10.1. The molecule has 2 aromatic carbocycles. The van der Waals surface area contributed by atoms with Crippen LogP contribution in [-0.2, 0) is 0 Å². The predicted octanol–water partition coefficient (Wildman–Crippen LogP) is 3.45. The first-order valence-corrected chi connectivity index (χ1v) is 5.94. The van der Waals surface area contributed by atoms with Gasteiger partial charge in [0, 0.05) is 17.8 Å². The molecule has 0 radical (unpaired) electrons. The van der Waals surface area contributed by atoms with Crippen molar-refractivity contribution in [3.63, 3.8) is 0 Å². The van der Waals surface area contributed by atoms with Crippen LogP contribution in [0.4, 0.5) is 0 Å². The number of aromatic nitrogens is 1. The summed E-state index contributed by atoms with van der Waals surface area (Å²) in [7, 11) is 0. The fourth-order valence-corrected chi connectivity index (χ4v) is 1.87. The zero-order valence-corrected chi connectivity index (χ0v) is 10.1. The van der Waals surface area contributed by atoms with Crippen LogP contribution in [0.15, 0.2) is 67.0 Å². The number of carbonyl (C=O) groups is 1. The summed E-state index contributed by atoms with van der Waals surface area (Å²) in [4.78, 5) is 16.1. The molecule has 0 atom stereocenters. The molecule has 3 rings (SSSR count). The monoisotopic (exact) mass is 249 g/mol. The lowest BCUT2D eigenvalue weighted by Crippen LogP contribution is -2.08. The van der Waals surface area contributed by atoms with Crippen LogP contribution in [0.3, 0.4) is 0 Å². The van der Waals surface area contributed by atoms with Crippen molar-refractivity contribution in [1.29, 1.82) is 0 Å². The van der Waals surface area contributed by atoms with Gasteiger partial charge in [-0.15, -0.1) is 0 Å². The van der Waals surface area contributed by atoms with E-state index < -0.39 is 0 Å². The molecule has 0 fully saturated rings. The van der Waals surface area contributed by atoms with Crippen molar-refractivity contribution in [1.82, 2.24) is 4.98 Å². The van der Waals surface area contributed by atoms with Gasteiger partial charge in [-0.05, 0) is 35.7 Å². The van der Waals surface area contributed by atoms with E-state index in [9.17, 15) is 4.79 Å². The molecule has 0 amide bonds. The van der Waals surface area contributed by atoms with E-state index in [-0.39, 0.29) is 5.97 Å². The van der Waals surface area contributed by atoms with E-state index in [2.05, 4.69) is 4.98 Å². The molecule has 3 nitrogen and oxygen atoms in total. The maximum atomic E-state index is 12.0. The van der Waals surface area contributed by atoms with Crippen molar-refractivity contribution in [2.24, 2.45) is 0 Å². The molecule has 0 saturated carbocycles. The average molecular weight is 249 g/mol. The number of ether oxygens (including phenoxy) is 1. The summed E-state index contributed by atoms with van der Waals surface area (Å²) in [6.45, 7) is 0. The fraction of sp³-hybridized carbons (Fsp3) is 0. The summed E-state index contributed by atoms with van der Waals surface area (Å²) in [6.07, 6.45) is 3.46. The van der Waals surface area contributed by atoms with Crippen LogP contribution in [0.2, 0.25) is 0 Å². The van der Waals surface area contributed by atoms with Gasteiger partial charge in [0.2, 0.25) is 0 Å². The standard InChI is InChI=1S/C16H11NO2/c18-16(19-15-4-2-1-3-5-15)13-7-6-12-8-9-17-11-14(12)10-13/h1-11H. The van der Waals surface area contributed by atoms with E-state index >= 15 is 0 Å². The summed E-state index contributed by atoms with van der Waals surface area (Å²) in [5.74, 6) is 0.177. The Morgan fingerprint density at radius 2 is 1.79 bits per heavy atom. The molecule has 0 aliphatic rings. The summed E-state index contributed by atoms with van der Waals surface area (Å²) >= 11 is 0. The van der Waals surface area contributed by atoms with E-state index in [0.29, 0.717) is 11.3 Å². The molecule has 3 aromatic rings. The van der Waals surface area contributed by atoms with Crippen molar-refractivity contribution < 1.29 is 9.53 Å². The largest absolute Gasteiger partial charge is 0.423 e. The topological polar surface area (TPSA) is 39.2 Å². The molecule has 3 heteroatoms. The maximum absolute atomic E-state index is 12.0. The smallest absolute Gasteiger partial charge is 0.343 e. The quantitative estimate of drug-likeness (QED) is 0.515. The number of carbonyl (C=O) groups excluding carboxylic acids is 1. The van der Waals surface area contributed by atoms with Gasteiger partial charge in [-0.1, -0.05) is 24.3 Å². The Labute approximate surface area is 110 Å². The predicted molar refractivity (Wildman–Crippen MR) is 73.1 cm³/mol. The third kappa shape index (κ3) is 2.45. The fourth-order valence-electron chi connectivity index (χ4n) is 1.87. The van der Waals surface area contributed by atoms with Crippen molar-refractivity contribution in [3.8, 4) is 5.75 Å². The van der Waals surface area contributed by atoms with Crippen LogP contribution in [0.5, 0.6) is 5.75 Å². The molecule has 1 heterocycles. The first kappa shape index (κ1) is 11.4. The number of benzene rings is 2. The second-order valence-corrected chi connectivity index (χ2v) is 4.14. The Hall–Kier alpha value is -2.68. The summed E-state index contributed by atoms with van der Waals surface area (Å²) in [5.41, 5.74) is 0.518. The van der Waals surface area contributed by atoms with Gasteiger partial charge in [-0.3, -0.25) is 4.98 Å². The molecular weight excluding hydrogens is 238 g/mol. The van der Waals surface area contributed by atoms with Gasteiger partial charge < -0.3 is 4.74 Å². The summed E-state index contributed by atoms with van der Waals surface area (Å²) in [5, 5.41) is 1.97. The molecule has 0 bridgehead atoms. The highest BCUT2D eigenvalue weighted by Crippen LogP contribution is 2.17. The van der Waals surface area contributed by atoms with Gasteiger partial charge in [0.15, 0.2) is 0 Å². The van der Waals surface area contributed by atoms with E-state index in [1.165, 1.54) is 0 Å². The molecule has 0 unspecified atom stereocenters. The van der Waals surface area contributed by atoms with Gasteiger partial charge in [-0.25, -0.2) is 4.79 Å². The third-order valence-electron chi connectivity index (χ3n) is 2.83. The second kappa shape index (κ2) is 4.90. The summed E-state index contributed by atoms with van der Waals surface area (Å²) < 4.78 is 5.29. The van der Waals surface area contributed by atoms with Gasteiger partial charge >= 0.3 is 5.97 Å². The number of fused-ring (bicyclic) bond motifs is 1. The van der Waals surface area contributed by atoms with Crippen LogP contribution in [-0.4, -0.2) is 11.0 Å². The molecule has 0 spiro atoms. The highest BCUT2D eigenvalue weighted by Gasteiger charge is 2.08. The van der Waals surface area contributed by atoms with E-state index in [4.69, 9.17) is 4.74 Å². The van der Waals surface area contributed by atoms with Crippen LogP contribution in [0.1, 0.15) is 10.4 Å². The van der Waals surface area contributed by atoms with Crippen LogP contribution in [0, 0.1) is 0 Å². The van der Waals surface area contributed by atoms with E-state index in [1.54, 1.807) is 36.7 Å². The Balaban J connectivity index is 1.89. The van der Waals surface area contributed by atoms with Gasteiger partial charge in [0.25, 0.3) is 0 Å². The maximum Gasteiger partial charge on any atom is 0.343 e. The van der Waals surface area contributed by atoms with E-state index in [0.717, 1.165) is 10.8 Å². The van der Waals surface area contributed by atoms with Crippen LogP contribution >= 0.6 is 0 Å². The number of para-hydroxylation sites is 1. The number of pyridine rings is 1. The van der Waals surface area contributed by atoms with E-state index in [1.807, 2.05) is 30.3 Å². The highest BCUT2D eigenvalue weighted by molar-refractivity contribution is 5.96. The van der Waals surface area contributed by atoms with Gasteiger partial charge in [0.1, 0.15) is 5.75 Å². The van der Waals surface area contributed by atoms with Crippen LogP contribution in [0.25, 0.3) is 10.8 Å². The normalized spacial score (nSPS) is 10.3. The molecule has 92 valence electrons. The first-order valence-electron chi connectivity index (χ1n) is 5.94. The molecule has 0 aliphatic heterocycles. The minimum Gasteiger partial charge on any atom is -0.423 e. The highest BCUT2D eigenvalue weighted by atomic mass is 16.5. The van der Waals surface area contributed by atoms with Crippen molar-refractivity contribution in [3.05, 3.63) is 72.6 Å². The Bertz CT molecular complexity index is 723. The number of hydrogen-bond acceptors (Lipinski definition) is 3. The molecule has 0 aliphatic carbocycles. The van der Waals surface area contributed by atoms with Gasteiger partial charge in [-0.2, -0.15) is 0 Å². The summed E-state index contributed by atoms with van der Waals surface area (Å²) in [6, 6.07) is 16.4. The van der Waals surface area contributed by atoms with Crippen molar-refractivity contribution in [2.75, 3.05) is 0 Å². The minimum absolute atomic E-state index is 0.364. The molecule has 1 aromatic heterocycles. The number of esters is 1. The molecule has 0 saturated heterocycles. The second-order valence-electron chi connectivity index (χ2n) is 4.14. The zero-order chi connectivity index (χ0) is 13.1. The Morgan fingerprint density at radius 1 is 0.947 bits per heavy atom. The molecular formula is C16H11NO2. The molecule has 19 heavy (non-hydrogen) atoms. The lowest BCUT2D eigenvalue weighted by molar-refractivity contribution is 0.0735. The Morgan fingerprint density at radius 3 is 2.63 bits per heavy atom. The van der Waals surface area contributed by atoms with Crippen molar-refractivity contribution in [2.45, 2.75) is 0 Å².